The molecule has 3 rings (SSSR count). The molecule has 0 saturated heterocycles. The van der Waals surface area contributed by atoms with Crippen LogP contribution in [0.1, 0.15) is 29.9 Å². The second-order valence-corrected chi connectivity index (χ2v) is 6.55. The number of nitrogens with one attached hydrogen (secondary N) is 2. The van der Waals surface area contributed by atoms with Crippen LogP contribution in [0.15, 0.2) is 54.6 Å². The van der Waals surface area contributed by atoms with E-state index in [0.29, 0.717) is 17.5 Å². The van der Waals surface area contributed by atoms with E-state index in [1.54, 1.807) is 30.3 Å². The Morgan fingerprint density at radius 1 is 1.00 bits per heavy atom. The maximum absolute atomic E-state index is 11.1. The molecule has 1 aromatic heterocycles. The smallest absolute Gasteiger partial charge is 0.335 e. The van der Waals surface area contributed by atoms with Crippen LogP contribution in [0.5, 0.6) is 5.75 Å². The molecule has 0 radical (unpaired) electrons. The van der Waals surface area contributed by atoms with Crippen molar-refractivity contribution in [1.82, 2.24) is 9.97 Å². The highest BCUT2D eigenvalue weighted by atomic mass is 16.5. The van der Waals surface area contributed by atoms with Gasteiger partial charge >= 0.3 is 5.97 Å². The quantitative estimate of drug-likeness (QED) is 0.545. The van der Waals surface area contributed by atoms with Gasteiger partial charge in [0.05, 0.1) is 11.7 Å². The van der Waals surface area contributed by atoms with E-state index in [0.717, 1.165) is 17.1 Å². The highest BCUT2D eigenvalue weighted by molar-refractivity contribution is 5.89. The van der Waals surface area contributed by atoms with Crippen LogP contribution in [-0.4, -0.2) is 27.1 Å². The number of ether oxygens (including phenoxy) is 1. The topological polar surface area (TPSA) is 96.4 Å². The number of rotatable bonds is 7. The summed E-state index contributed by atoms with van der Waals surface area (Å²) >= 11 is 0. The summed E-state index contributed by atoms with van der Waals surface area (Å²) in [5.74, 6) is 0.827. The van der Waals surface area contributed by atoms with E-state index in [1.807, 2.05) is 45.0 Å². The Hall–Kier alpha value is -3.61. The molecule has 0 spiro atoms. The summed E-state index contributed by atoms with van der Waals surface area (Å²) in [6, 6.07) is 15.9. The zero-order chi connectivity index (χ0) is 20.1. The van der Waals surface area contributed by atoms with Gasteiger partial charge in [0, 0.05) is 23.1 Å². The highest BCUT2D eigenvalue weighted by Gasteiger charge is 2.07. The van der Waals surface area contributed by atoms with Crippen LogP contribution in [0.4, 0.5) is 23.1 Å². The zero-order valence-corrected chi connectivity index (χ0v) is 15.9. The van der Waals surface area contributed by atoms with E-state index >= 15 is 0 Å². The molecule has 0 aliphatic rings. The second-order valence-electron chi connectivity index (χ2n) is 6.55. The van der Waals surface area contributed by atoms with Crippen LogP contribution in [0.2, 0.25) is 0 Å². The molecular weight excluding hydrogens is 356 g/mol. The predicted molar refractivity (Wildman–Crippen MR) is 109 cm³/mol. The van der Waals surface area contributed by atoms with Crippen molar-refractivity contribution in [2.75, 3.05) is 10.6 Å². The van der Waals surface area contributed by atoms with Crippen LogP contribution >= 0.6 is 0 Å². The van der Waals surface area contributed by atoms with Crippen LogP contribution in [0, 0.1) is 6.92 Å². The molecule has 0 atom stereocenters. The number of benzene rings is 2. The lowest BCUT2D eigenvalue weighted by molar-refractivity contribution is 0.0697. The maximum atomic E-state index is 11.1. The molecule has 3 aromatic rings. The van der Waals surface area contributed by atoms with E-state index in [-0.39, 0.29) is 11.7 Å². The van der Waals surface area contributed by atoms with Crippen LogP contribution in [0.25, 0.3) is 0 Å². The number of carbonyl (C=O) groups is 1. The van der Waals surface area contributed by atoms with E-state index in [2.05, 4.69) is 20.6 Å². The van der Waals surface area contributed by atoms with Crippen molar-refractivity contribution in [1.29, 1.82) is 0 Å². The van der Waals surface area contributed by atoms with Gasteiger partial charge in [0.2, 0.25) is 5.95 Å². The fourth-order valence-electron chi connectivity index (χ4n) is 2.58. The molecule has 144 valence electrons. The summed E-state index contributed by atoms with van der Waals surface area (Å²) in [6.07, 6.45) is 0.118. The Morgan fingerprint density at radius 3 is 2.43 bits per heavy atom. The SMILES string of the molecule is Cc1cc(Nc2cccc(C(=O)O)c2)nc(Nc2ccc(OC(C)C)cc2)n1. The number of anilines is 4. The molecule has 0 fully saturated rings. The lowest BCUT2D eigenvalue weighted by atomic mass is 10.2. The number of aryl methyl sites for hydroxylation is 1. The average molecular weight is 378 g/mol. The first-order valence-electron chi connectivity index (χ1n) is 8.89. The van der Waals surface area contributed by atoms with Crippen molar-refractivity contribution >= 4 is 29.1 Å². The van der Waals surface area contributed by atoms with E-state index < -0.39 is 5.97 Å². The minimum atomic E-state index is -0.977. The molecule has 7 heteroatoms. The molecule has 0 unspecified atom stereocenters. The van der Waals surface area contributed by atoms with E-state index in [4.69, 9.17) is 9.84 Å². The van der Waals surface area contributed by atoms with Gasteiger partial charge < -0.3 is 20.5 Å². The Morgan fingerprint density at radius 2 is 1.75 bits per heavy atom. The summed E-state index contributed by atoms with van der Waals surface area (Å²) in [5.41, 5.74) is 2.45. The molecule has 0 bridgehead atoms. The molecule has 7 nitrogen and oxygen atoms in total. The van der Waals surface area contributed by atoms with Gasteiger partial charge in [0.1, 0.15) is 11.6 Å². The van der Waals surface area contributed by atoms with Gasteiger partial charge in [-0.1, -0.05) is 6.07 Å². The third kappa shape index (κ3) is 5.20. The van der Waals surface area contributed by atoms with Gasteiger partial charge in [-0.05, 0) is 63.2 Å². The van der Waals surface area contributed by atoms with Crippen LogP contribution < -0.4 is 15.4 Å². The van der Waals surface area contributed by atoms with Gasteiger partial charge in [-0.25, -0.2) is 9.78 Å². The van der Waals surface area contributed by atoms with Gasteiger partial charge in [0.15, 0.2) is 0 Å². The van der Waals surface area contributed by atoms with Crippen LogP contribution in [0.3, 0.4) is 0 Å². The second kappa shape index (κ2) is 8.39. The summed E-state index contributed by atoms with van der Waals surface area (Å²) in [6.45, 7) is 5.83. The minimum absolute atomic E-state index is 0.118. The number of nitrogens with zero attached hydrogens (tertiary/aromatic N) is 2. The standard InChI is InChI=1S/C21H22N4O3/c1-13(2)28-18-9-7-16(8-10-18)24-21-22-14(3)11-19(25-21)23-17-6-4-5-15(12-17)20(26)27/h4-13H,1-3H3,(H,26,27)(H2,22,23,24,25). The molecule has 0 saturated carbocycles. The number of hydrogen-bond donors (Lipinski definition) is 3. The molecule has 1 heterocycles. The van der Waals surface area contributed by atoms with Crippen molar-refractivity contribution in [2.45, 2.75) is 26.9 Å². The van der Waals surface area contributed by atoms with E-state index in [1.165, 1.54) is 0 Å². The highest BCUT2D eigenvalue weighted by Crippen LogP contribution is 2.22. The first-order chi connectivity index (χ1) is 13.4. The van der Waals surface area contributed by atoms with Gasteiger partial charge in [-0.3, -0.25) is 0 Å². The Balaban J connectivity index is 1.76. The largest absolute Gasteiger partial charge is 0.491 e. The molecular formula is C21H22N4O3. The fraction of sp³-hybridized carbons (Fsp3) is 0.190. The zero-order valence-electron chi connectivity index (χ0n) is 15.9. The number of carboxylic acids is 1. The number of hydrogen-bond acceptors (Lipinski definition) is 6. The lowest BCUT2D eigenvalue weighted by Gasteiger charge is -2.12. The number of carboxylic acid groups (broad SMARTS) is 1. The molecule has 0 aliphatic heterocycles. The van der Waals surface area contributed by atoms with E-state index in [9.17, 15) is 4.79 Å². The minimum Gasteiger partial charge on any atom is -0.491 e. The van der Waals surface area contributed by atoms with Gasteiger partial charge in [0.25, 0.3) is 0 Å². The fourth-order valence-corrected chi connectivity index (χ4v) is 2.58. The molecule has 0 amide bonds. The first-order valence-corrected chi connectivity index (χ1v) is 8.89. The normalized spacial score (nSPS) is 10.6. The third-order valence-corrected chi connectivity index (χ3v) is 3.72. The first kappa shape index (κ1) is 19.2. The van der Waals surface area contributed by atoms with Crippen molar-refractivity contribution in [2.24, 2.45) is 0 Å². The lowest BCUT2D eigenvalue weighted by Crippen LogP contribution is -2.05. The Bertz CT molecular complexity index is 972. The summed E-state index contributed by atoms with van der Waals surface area (Å²) in [4.78, 5) is 20.0. The van der Waals surface area contributed by atoms with Crippen molar-refractivity contribution in [3.63, 3.8) is 0 Å². The van der Waals surface area contributed by atoms with Crippen molar-refractivity contribution < 1.29 is 14.6 Å². The van der Waals surface area contributed by atoms with Crippen LogP contribution in [-0.2, 0) is 0 Å². The molecule has 28 heavy (non-hydrogen) atoms. The molecule has 3 N–H and O–H groups in total. The Kier molecular flexibility index (Phi) is 5.74. The number of aromatic nitrogens is 2. The molecule has 2 aromatic carbocycles. The summed E-state index contributed by atoms with van der Waals surface area (Å²) in [5, 5.41) is 15.4. The van der Waals surface area contributed by atoms with Gasteiger partial charge in [-0.15, -0.1) is 0 Å². The average Bonchev–Trinajstić information content (AvgIpc) is 2.62. The maximum Gasteiger partial charge on any atom is 0.335 e. The van der Waals surface area contributed by atoms with Crippen molar-refractivity contribution in [3.05, 3.63) is 65.9 Å². The summed E-state index contributed by atoms with van der Waals surface area (Å²) in [7, 11) is 0. The monoisotopic (exact) mass is 378 g/mol. The molecule has 0 aliphatic carbocycles. The predicted octanol–water partition coefficient (Wildman–Crippen LogP) is 4.76. The number of aromatic carboxylic acids is 1. The Labute approximate surface area is 163 Å². The third-order valence-electron chi connectivity index (χ3n) is 3.72. The van der Waals surface area contributed by atoms with Crippen molar-refractivity contribution in [3.8, 4) is 5.75 Å². The van der Waals surface area contributed by atoms with Gasteiger partial charge in [-0.2, -0.15) is 4.98 Å². The summed E-state index contributed by atoms with van der Waals surface area (Å²) < 4.78 is 5.64.